The highest BCUT2D eigenvalue weighted by Gasteiger charge is 2.52. The van der Waals surface area contributed by atoms with Gasteiger partial charge in [-0.1, -0.05) is 31.9 Å². The van der Waals surface area contributed by atoms with Crippen LogP contribution in [0.2, 0.25) is 0 Å². The van der Waals surface area contributed by atoms with Gasteiger partial charge in [-0.15, -0.1) is 0 Å². The van der Waals surface area contributed by atoms with Crippen molar-refractivity contribution < 1.29 is 24.4 Å². The summed E-state index contributed by atoms with van der Waals surface area (Å²) in [6.45, 7) is 11.2. The lowest BCUT2D eigenvalue weighted by atomic mass is 9.59. The van der Waals surface area contributed by atoms with Crippen LogP contribution in [0.3, 0.4) is 0 Å². The van der Waals surface area contributed by atoms with Crippen molar-refractivity contribution in [1.82, 2.24) is 0 Å². The van der Waals surface area contributed by atoms with Crippen LogP contribution in [0.5, 0.6) is 0 Å². The van der Waals surface area contributed by atoms with Crippen LogP contribution < -0.4 is 9.80 Å². The predicted octanol–water partition coefficient (Wildman–Crippen LogP) is -0.924. The lowest BCUT2D eigenvalue weighted by Gasteiger charge is -2.46. The molecule has 0 unspecified atom stereocenters. The smallest absolute Gasteiger partial charge is 0.315 e. The van der Waals surface area contributed by atoms with Crippen molar-refractivity contribution in [2.45, 2.75) is 45.6 Å². The average molecular weight is 365 g/mol. The summed E-state index contributed by atoms with van der Waals surface area (Å²) in [6.07, 6.45) is 7.44. The Morgan fingerprint density at radius 1 is 1.27 bits per heavy atom. The number of allylic oxidation sites excluding steroid dienone is 1. The van der Waals surface area contributed by atoms with Gasteiger partial charge in [-0.25, -0.2) is 0 Å². The minimum atomic E-state index is 0.0422. The number of carbonyl (C=O) groups excluding carboxylic acids is 1. The molecule has 0 aromatic heterocycles. The Bertz CT molecular complexity index is 570. The summed E-state index contributed by atoms with van der Waals surface area (Å²) in [4.78, 5) is 15.7. The van der Waals surface area contributed by atoms with Crippen LogP contribution >= 0.6 is 0 Å². The second-order valence-corrected chi connectivity index (χ2v) is 9.52. The molecule has 26 heavy (non-hydrogen) atoms. The van der Waals surface area contributed by atoms with Crippen LogP contribution in [-0.4, -0.2) is 63.1 Å². The van der Waals surface area contributed by atoms with E-state index in [0.29, 0.717) is 11.8 Å². The molecule has 2 heterocycles. The van der Waals surface area contributed by atoms with Gasteiger partial charge in [0.15, 0.2) is 0 Å². The summed E-state index contributed by atoms with van der Waals surface area (Å²) in [5.41, 5.74) is 1.86. The summed E-state index contributed by atoms with van der Waals surface area (Å²) >= 11 is 0. The number of nitrogens with one attached hydrogen (secondary N) is 2. The predicted molar refractivity (Wildman–Crippen MR) is 98.9 cm³/mol. The first-order valence-corrected chi connectivity index (χ1v) is 10.7. The second kappa shape index (κ2) is 7.25. The van der Waals surface area contributed by atoms with Crippen molar-refractivity contribution in [3.8, 4) is 0 Å². The van der Waals surface area contributed by atoms with Gasteiger partial charge in [0.2, 0.25) is 0 Å². The Morgan fingerprint density at radius 2 is 2.00 bits per heavy atom. The molecule has 5 atom stereocenters. The maximum Gasteiger partial charge on any atom is 0.315 e. The molecule has 4 rings (SSSR count). The molecule has 5 heteroatoms. The van der Waals surface area contributed by atoms with Crippen molar-refractivity contribution in [3.63, 3.8) is 0 Å². The molecule has 2 aliphatic carbocycles. The van der Waals surface area contributed by atoms with Crippen molar-refractivity contribution in [2.75, 3.05) is 45.9 Å². The molecule has 3 N–H and O–H groups in total. The molecular weight excluding hydrogens is 328 g/mol. The van der Waals surface area contributed by atoms with Gasteiger partial charge in [-0.05, 0) is 30.6 Å². The van der Waals surface area contributed by atoms with E-state index in [1.54, 1.807) is 5.57 Å². The third-order valence-corrected chi connectivity index (χ3v) is 7.72. The van der Waals surface area contributed by atoms with Gasteiger partial charge in [0.1, 0.15) is 44.7 Å². The molecule has 0 aromatic carbocycles. The number of hydrogen-bond acceptors (Lipinski definition) is 3. The first kappa shape index (κ1) is 18.5. The van der Waals surface area contributed by atoms with Gasteiger partial charge in [-0.3, -0.25) is 4.79 Å². The van der Waals surface area contributed by atoms with Crippen molar-refractivity contribution >= 4 is 5.97 Å². The second-order valence-electron chi connectivity index (χ2n) is 9.52. The number of fused-ring (bicyclic) bond motifs is 2. The number of rotatable bonds is 4. The normalized spacial score (nSPS) is 45.5. The molecule has 3 fully saturated rings. The van der Waals surface area contributed by atoms with E-state index in [1.807, 2.05) is 0 Å². The molecule has 1 saturated carbocycles. The third-order valence-electron chi connectivity index (χ3n) is 7.72. The Labute approximate surface area is 157 Å². The number of hydrogen-bond donors (Lipinski definition) is 3. The molecule has 0 bridgehead atoms. The fourth-order valence-corrected chi connectivity index (χ4v) is 6.16. The van der Waals surface area contributed by atoms with Gasteiger partial charge in [0, 0.05) is 5.92 Å². The SMILES string of the molecule is C[C@H]1CCC[C@]2(C)C[C@H]3OC(=O)[C@H](C[NH+]4CC[NH+](CCO)CC4)[C@H]3C=C12. The van der Waals surface area contributed by atoms with E-state index >= 15 is 0 Å². The fourth-order valence-electron chi connectivity index (χ4n) is 6.16. The molecular formula is C21H36N2O3+2. The van der Waals surface area contributed by atoms with Crippen LogP contribution in [0.4, 0.5) is 0 Å². The molecule has 0 spiro atoms. The Hall–Kier alpha value is -0.910. The molecule has 5 nitrogen and oxygen atoms in total. The van der Waals surface area contributed by atoms with Crippen molar-refractivity contribution in [2.24, 2.45) is 23.2 Å². The minimum absolute atomic E-state index is 0.0422. The first-order valence-electron chi connectivity index (χ1n) is 10.7. The third kappa shape index (κ3) is 3.34. The first-order chi connectivity index (χ1) is 12.5. The van der Waals surface area contributed by atoms with E-state index < -0.39 is 0 Å². The van der Waals surface area contributed by atoms with Crippen LogP contribution in [0.25, 0.3) is 0 Å². The number of quaternary nitrogens is 2. The van der Waals surface area contributed by atoms with Crippen molar-refractivity contribution in [1.29, 1.82) is 0 Å². The van der Waals surface area contributed by atoms with E-state index in [0.717, 1.165) is 45.7 Å². The number of aliphatic hydroxyl groups excluding tert-OH is 1. The number of ether oxygens (including phenoxy) is 1. The molecule has 4 aliphatic rings. The van der Waals surface area contributed by atoms with Crippen molar-refractivity contribution in [3.05, 3.63) is 11.6 Å². The zero-order valence-electron chi connectivity index (χ0n) is 16.4. The van der Waals surface area contributed by atoms with Gasteiger partial charge in [0.25, 0.3) is 0 Å². The fraction of sp³-hybridized carbons (Fsp3) is 0.857. The highest BCUT2D eigenvalue weighted by Crippen LogP contribution is 2.53. The highest BCUT2D eigenvalue weighted by molar-refractivity contribution is 5.76. The van der Waals surface area contributed by atoms with Crippen LogP contribution in [-0.2, 0) is 9.53 Å². The van der Waals surface area contributed by atoms with E-state index in [9.17, 15) is 4.79 Å². The molecule has 0 amide bonds. The van der Waals surface area contributed by atoms with E-state index in [-0.39, 0.29) is 30.0 Å². The van der Waals surface area contributed by atoms with E-state index in [4.69, 9.17) is 9.84 Å². The number of esters is 1. The van der Waals surface area contributed by atoms with Gasteiger partial charge < -0.3 is 19.6 Å². The number of piperazine rings is 1. The minimum Gasteiger partial charge on any atom is -0.461 e. The van der Waals surface area contributed by atoms with Gasteiger partial charge in [-0.2, -0.15) is 0 Å². The quantitative estimate of drug-likeness (QED) is 0.447. The zero-order valence-corrected chi connectivity index (χ0v) is 16.4. The standard InChI is InChI=1S/C21H34N2O3/c1-15-4-3-5-21(2)13-19-16(12-18(15)21)17(20(25)26-19)14-23-8-6-22(7-9-23)10-11-24/h12,15-17,19,24H,3-11,13-14H2,1-2H3/p+2/t15-,16+,17+,19+,21+/m0/s1. The topological polar surface area (TPSA) is 55.4 Å². The summed E-state index contributed by atoms with van der Waals surface area (Å²) < 4.78 is 5.89. The molecule has 2 saturated heterocycles. The summed E-state index contributed by atoms with van der Waals surface area (Å²) in [7, 11) is 0. The highest BCUT2D eigenvalue weighted by atomic mass is 16.6. The number of carbonyl (C=O) groups is 1. The Kier molecular flexibility index (Phi) is 5.15. The van der Waals surface area contributed by atoms with Gasteiger partial charge >= 0.3 is 5.97 Å². The van der Waals surface area contributed by atoms with Gasteiger partial charge in [0.05, 0.1) is 13.2 Å². The van der Waals surface area contributed by atoms with Crippen LogP contribution in [0.15, 0.2) is 11.6 Å². The van der Waals surface area contributed by atoms with Crippen LogP contribution in [0.1, 0.15) is 39.5 Å². The molecule has 2 aliphatic heterocycles. The molecule has 0 aromatic rings. The molecule has 146 valence electrons. The maximum absolute atomic E-state index is 12.7. The molecule has 0 radical (unpaired) electrons. The summed E-state index contributed by atoms with van der Waals surface area (Å²) in [6, 6.07) is 0. The number of aliphatic hydroxyl groups is 1. The average Bonchev–Trinajstić information content (AvgIpc) is 2.89. The zero-order chi connectivity index (χ0) is 18.3. The Balaban J connectivity index is 1.45. The van der Waals surface area contributed by atoms with E-state index in [1.165, 1.54) is 29.1 Å². The lowest BCUT2D eigenvalue weighted by molar-refractivity contribution is -1.01. The summed E-state index contributed by atoms with van der Waals surface area (Å²) in [5, 5.41) is 9.12. The lowest BCUT2D eigenvalue weighted by Crippen LogP contribution is -3.28. The summed E-state index contributed by atoms with van der Waals surface area (Å²) in [5.74, 6) is 1.04. The van der Waals surface area contributed by atoms with E-state index in [2.05, 4.69) is 19.9 Å². The monoisotopic (exact) mass is 364 g/mol. The Morgan fingerprint density at radius 3 is 2.73 bits per heavy atom. The largest absolute Gasteiger partial charge is 0.461 e. The van der Waals surface area contributed by atoms with Crippen LogP contribution in [0, 0.1) is 23.2 Å². The maximum atomic E-state index is 12.7.